The molecule has 1 aliphatic rings. The smallest absolute Gasteiger partial charge is 0.244 e. The summed E-state index contributed by atoms with van der Waals surface area (Å²) in [6.45, 7) is 5.52. The third-order valence-corrected chi connectivity index (χ3v) is 5.19. The summed E-state index contributed by atoms with van der Waals surface area (Å²) in [7, 11) is -3.64. The highest BCUT2D eigenvalue weighted by molar-refractivity contribution is 7.89. The van der Waals surface area contributed by atoms with E-state index in [0.29, 0.717) is 25.2 Å². The fraction of sp³-hybridized carbons (Fsp3) is 0.750. The van der Waals surface area contributed by atoms with E-state index in [2.05, 4.69) is 15.1 Å². The standard InChI is InChI=1S/C12H22N4O3S/c1-3-16-10(2)11(7-14-16)20(18,19)15-9-12(17)5-4-6-13-8-12/h7,13,15,17H,3-6,8-9H2,1-2H3/t12-/m1/s1. The zero-order chi connectivity index (χ0) is 14.8. The van der Waals surface area contributed by atoms with Gasteiger partial charge in [-0.2, -0.15) is 5.10 Å². The summed E-state index contributed by atoms with van der Waals surface area (Å²) in [5.74, 6) is 0. The molecule has 114 valence electrons. The highest BCUT2D eigenvalue weighted by atomic mass is 32.2. The number of β-amino-alcohol motifs (C(OH)–C–C–N with tert-alkyl or cyclic N) is 1. The molecule has 0 aromatic carbocycles. The fourth-order valence-corrected chi connectivity index (χ4v) is 3.72. The molecule has 0 amide bonds. The number of hydrogen-bond donors (Lipinski definition) is 3. The number of aliphatic hydroxyl groups is 1. The summed E-state index contributed by atoms with van der Waals surface area (Å²) in [6.07, 6.45) is 2.78. The molecule has 2 rings (SSSR count). The quantitative estimate of drug-likeness (QED) is 0.688. The number of nitrogens with zero attached hydrogens (tertiary/aromatic N) is 2. The van der Waals surface area contributed by atoms with Crippen LogP contribution >= 0.6 is 0 Å². The van der Waals surface area contributed by atoms with E-state index in [9.17, 15) is 13.5 Å². The molecule has 1 saturated heterocycles. The van der Waals surface area contributed by atoms with Gasteiger partial charge in [-0.1, -0.05) is 0 Å². The number of aromatic nitrogens is 2. The molecule has 1 aromatic rings. The monoisotopic (exact) mass is 302 g/mol. The van der Waals surface area contributed by atoms with Crippen molar-refractivity contribution in [3.8, 4) is 0 Å². The summed E-state index contributed by atoms with van der Waals surface area (Å²) in [5, 5.41) is 17.4. The summed E-state index contributed by atoms with van der Waals surface area (Å²) in [4.78, 5) is 0.173. The van der Waals surface area contributed by atoms with Crippen LogP contribution in [0.3, 0.4) is 0 Å². The summed E-state index contributed by atoms with van der Waals surface area (Å²) in [6, 6.07) is 0. The third kappa shape index (κ3) is 3.20. The Bertz CT molecular complexity index is 561. The Kier molecular flexibility index (Phi) is 4.48. The van der Waals surface area contributed by atoms with Crippen LogP contribution in [0.25, 0.3) is 0 Å². The average Bonchev–Trinajstić information content (AvgIpc) is 2.79. The van der Waals surface area contributed by atoms with Gasteiger partial charge in [0.15, 0.2) is 0 Å². The minimum atomic E-state index is -3.64. The summed E-state index contributed by atoms with van der Waals surface area (Å²) < 4.78 is 28.7. The maximum absolute atomic E-state index is 12.3. The lowest BCUT2D eigenvalue weighted by molar-refractivity contribution is 0.0218. The SMILES string of the molecule is CCn1ncc(S(=O)(=O)NC[C@@]2(O)CCCNC2)c1C. The van der Waals surface area contributed by atoms with Gasteiger partial charge >= 0.3 is 0 Å². The van der Waals surface area contributed by atoms with Crippen LogP contribution in [0, 0.1) is 6.92 Å². The Morgan fingerprint density at radius 3 is 2.90 bits per heavy atom. The number of rotatable bonds is 5. The van der Waals surface area contributed by atoms with Crippen molar-refractivity contribution in [1.82, 2.24) is 19.8 Å². The minimum Gasteiger partial charge on any atom is -0.387 e. The minimum absolute atomic E-state index is 0.0130. The van der Waals surface area contributed by atoms with Gasteiger partial charge in [0.1, 0.15) is 4.90 Å². The van der Waals surface area contributed by atoms with Crippen LogP contribution in [0.15, 0.2) is 11.1 Å². The molecule has 7 nitrogen and oxygen atoms in total. The summed E-state index contributed by atoms with van der Waals surface area (Å²) >= 11 is 0. The van der Waals surface area contributed by atoms with Crippen LogP contribution < -0.4 is 10.0 Å². The Morgan fingerprint density at radius 1 is 1.60 bits per heavy atom. The van der Waals surface area contributed by atoms with E-state index in [1.807, 2.05) is 6.92 Å². The lowest BCUT2D eigenvalue weighted by Gasteiger charge is -2.32. The highest BCUT2D eigenvalue weighted by Gasteiger charge is 2.31. The third-order valence-electron chi connectivity index (χ3n) is 3.69. The first kappa shape index (κ1) is 15.4. The van der Waals surface area contributed by atoms with Crippen molar-refractivity contribution in [2.75, 3.05) is 19.6 Å². The molecule has 1 aliphatic heterocycles. The van der Waals surface area contributed by atoms with Crippen molar-refractivity contribution in [1.29, 1.82) is 0 Å². The molecule has 0 aliphatic carbocycles. The highest BCUT2D eigenvalue weighted by Crippen LogP contribution is 2.18. The van der Waals surface area contributed by atoms with Gasteiger partial charge in [-0.05, 0) is 33.2 Å². The van der Waals surface area contributed by atoms with E-state index in [1.54, 1.807) is 11.6 Å². The van der Waals surface area contributed by atoms with E-state index in [4.69, 9.17) is 0 Å². The van der Waals surface area contributed by atoms with Crippen LogP contribution in [0.4, 0.5) is 0 Å². The van der Waals surface area contributed by atoms with Crippen molar-refractivity contribution in [3.05, 3.63) is 11.9 Å². The first-order chi connectivity index (χ1) is 9.38. The molecular weight excluding hydrogens is 280 g/mol. The maximum Gasteiger partial charge on any atom is 0.244 e. The van der Waals surface area contributed by atoms with Gasteiger partial charge in [-0.15, -0.1) is 0 Å². The van der Waals surface area contributed by atoms with Gasteiger partial charge in [0.25, 0.3) is 0 Å². The van der Waals surface area contributed by atoms with Gasteiger partial charge in [0, 0.05) is 19.6 Å². The largest absolute Gasteiger partial charge is 0.387 e. The molecule has 1 fully saturated rings. The van der Waals surface area contributed by atoms with E-state index < -0.39 is 15.6 Å². The van der Waals surface area contributed by atoms with Crippen molar-refractivity contribution in [2.45, 2.75) is 43.7 Å². The van der Waals surface area contributed by atoms with Crippen molar-refractivity contribution < 1.29 is 13.5 Å². The number of piperidine rings is 1. The van der Waals surface area contributed by atoms with Gasteiger partial charge in [-0.25, -0.2) is 13.1 Å². The average molecular weight is 302 g/mol. The number of aryl methyl sites for hydroxylation is 1. The van der Waals surface area contributed by atoms with Crippen LogP contribution in [0.5, 0.6) is 0 Å². The Morgan fingerprint density at radius 2 is 2.35 bits per heavy atom. The molecule has 1 atom stereocenters. The molecule has 2 heterocycles. The van der Waals surface area contributed by atoms with Crippen molar-refractivity contribution >= 4 is 10.0 Å². The fourth-order valence-electron chi connectivity index (χ4n) is 2.42. The summed E-state index contributed by atoms with van der Waals surface area (Å²) in [5.41, 5.74) is -0.409. The van der Waals surface area contributed by atoms with Gasteiger partial charge in [0.2, 0.25) is 10.0 Å². The van der Waals surface area contributed by atoms with Gasteiger partial charge in [0.05, 0.1) is 17.5 Å². The van der Waals surface area contributed by atoms with E-state index in [-0.39, 0.29) is 11.4 Å². The zero-order valence-corrected chi connectivity index (χ0v) is 12.7. The molecular formula is C12H22N4O3S. The molecule has 3 N–H and O–H groups in total. The van der Waals surface area contributed by atoms with Gasteiger partial charge < -0.3 is 10.4 Å². The molecule has 0 radical (unpaired) electrons. The lowest BCUT2D eigenvalue weighted by atomic mass is 9.95. The van der Waals surface area contributed by atoms with E-state index in [1.165, 1.54) is 6.20 Å². The maximum atomic E-state index is 12.3. The van der Waals surface area contributed by atoms with Crippen LogP contribution in [0.2, 0.25) is 0 Å². The predicted octanol–water partition coefficient (Wildman–Crippen LogP) is -0.396. The second-order valence-corrected chi connectivity index (χ2v) is 6.97. The predicted molar refractivity (Wildman–Crippen MR) is 74.9 cm³/mol. The van der Waals surface area contributed by atoms with Crippen LogP contribution in [-0.4, -0.2) is 48.5 Å². The molecule has 0 spiro atoms. The number of hydrogen-bond acceptors (Lipinski definition) is 5. The van der Waals surface area contributed by atoms with Crippen molar-refractivity contribution in [2.24, 2.45) is 0 Å². The number of sulfonamides is 1. The molecule has 0 unspecified atom stereocenters. The van der Waals surface area contributed by atoms with E-state index >= 15 is 0 Å². The first-order valence-corrected chi connectivity index (χ1v) is 8.31. The number of nitrogens with one attached hydrogen (secondary N) is 2. The second-order valence-electron chi connectivity index (χ2n) is 5.24. The zero-order valence-electron chi connectivity index (χ0n) is 11.9. The molecule has 0 bridgehead atoms. The van der Waals surface area contributed by atoms with Crippen LogP contribution in [-0.2, 0) is 16.6 Å². The Hall–Kier alpha value is -0.960. The van der Waals surface area contributed by atoms with Crippen molar-refractivity contribution in [3.63, 3.8) is 0 Å². The topological polar surface area (TPSA) is 96.2 Å². The normalized spacial score (nSPS) is 23.9. The molecule has 20 heavy (non-hydrogen) atoms. The lowest BCUT2D eigenvalue weighted by Crippen LogP contribution is -2.52. The van der Waals surface area contributed by atoms with Crippen LogP contribution in [0.1, 0.15) is 25.5 Å². The first-order valence-electron chi connectivity index (χ1n) is 6.83. The molecule has 0 saturated carbocycles. The van der Waals surface area contributed by atoms with E-state index in [0.717, 1.165) is 13.0 Å². The van der Waals surface area contributed by atoms with Gasteiger partial charge in [-0.3, -0.25) is 4.68 Å². The Balaban J connectivity index is 2.09. The molecule has 8 heteroatoms. The molecule has 1 aromatic heterocycles. The Labute approximate surface area is 119 Å². The second kappa shape index (κ2) is 5.80.